The highest BCUT2D eigenvalue weighted by atomic mass is 19.3. The Bertz CT molecular complexity index is 747. The van der Waals surface area contributed by atoms with Crippen LogP contribution in [0.15, 0.2) is 12.1 Å². The first-order valence-corrected chi connectivity index (χ1v) is 8.31. The highest BCUT2D eigenvalue weighted by Gasteiger charge is 2.35. The monoisotopic (exact) mass is 356 g/mol. The predicted molar refractivity (Wildman–Crippen MR) is 84.2 cm³/mol. The first-order chi connectivity index (χ1) is 11.7. The van der Waals surface area contributed by atoms with E-state index in [4.69, 9.17) is 0 Å². The van der Waals surface area contributed by atoms with E-state index in [1.54, 1.807) is 19.9 Å². The van der Waals surface area contributed by atoms with E-state index in [1.165, 1.54) is 10.7 Å². The quantitative estimate of drug-likeness (QED) is 0.753. The summed E-state index contributed by atoms with van der Waals surface area (Å²) in [5.41, 5.74) is 1.56. The normalized spacial score (nSPS) is 18.0. The minimum absolute atomic E-state index is 0.0216. The number of halogens is 4. The fourth-order valence-electron chi connectivity index (χ4n) is 3.25. The van der Waals surface area contributed by atoms with Gasteiger partial charge in [0.15, 0.2) is 0 Å². The third kappa shape index (κ3) is 4.16. The van der Waals surface area contributed by atoms with Gasteiger partial charge in [-0.1, -0.05) is 0 Å². The molecule has 3 rings (SSSR count). The van der Waals surface area contributed by atoms with Crippen LogP contribution in [-0.2, 0) is 6.42 Å². The van der Waals surface area contributed by atoms with E-state index < -0.39 is 12.3 Å². The highest BCUT2D eigenvalue weighted by Crippen LogP contribution is 2.37. The molecule has 0 N–H and O–H groups in total. The predicted octanol–water partition coefficient (Wildman–Crippen LogP) is 4.58. The van der Waals surface area contributed by atoms with E-state index in [0.29, 0.717) is 25.0 Å². The molecule has 0 radical (unpaired) electrons. The van der Waals surface area contributed by atoms with Crippen molar-refractivity contribution in [2.24, 2.45) is 5.92 Å². The number of aryl methyl sites for hydroxylation is 2. The Labute approximate surface area is 143 Å². The summed E-state index contributed by atoms with van der Waals surface area (Å²) in [6, 6.07) is 3.08. The van der Waals surface area contributed by atoms with Crippen molar-refractivity contribution < 1.29 is 17.6 Å². The summed E-state index contributed by atoms with van der Waals surface area (Å²) in [4.78, 5) is 8.27. The molecule has 0 spiro atoms. The summed E-state index contributed by atoms with van der Waals surface area (Å²) in [5.74, 6) is -2.49. The molecule has 1 aliphatic carbocycles. The molecule has 1 fully saturated rings. The molecule has 136 valence electrons. The molecule has 0 aliphatic heterocycles. The number of rotatable bonds is 4. The van der Waals surface area contributed by atoms with E-state index >= 15 is 0 Å². The number of nitrogens with zero attached hydrogens (tertiary/aromatic N) is 4. The topological polar surface area (TPSA) is 43.6 Å². The third-order valence-electron chi connectivity index (χ3n) is 4.54. The average Bonchev–Trinajstić information content (AvgIpc) is 2.88. The van der Waals surface area contributed by atoms with Crippen molar-refractivity contribution in [2.75, 3.05) is 0 Å². The maximum Gasteiger partial charge on any atom is 0.280 e. The van der Waals surface area contributed by atoms with E-state index in [0.717, 1.165) is 11.4 Å². The molecule has 0 bridgehead atoms. The lowest BCUT2D eigenvalue weighted by molar-refractivity contribution is -0.0457. The summed E-state index contributed by atoms with van der Waals surface area (Å²) in [6.45, 7) is 3.59. The molecular formula is C17H20F4N4. The molecule has 2 aromatic heterocycles. The van der Waals surface area contributed by atoms with Crippen molar-refractivity contribution in [3.63, 3.8) is 0 Å². The maximum absolute atomic E-state index is 13.3. The molecule has 1 saturated carbocycles. The first-order valence-electron chi connectivity index (χ1n) is 8.31. The molecule has 1 aliphatic rings. The lowest BCUT2D eigenvalue weighted by Gasteiger charge is -2.28. The fraction of sp³-hybridized carbons (Fsp3) is 0.588. The summed E-state index contributed by atoms with van der Waals surface area (Å²) in [6.07, 6.45) is -1.91. The highest BCUT2D eigenvalue weighted by molar-refractivity contribution is 5.24. The third-order valence-corrected chi connectivity index (χ3v) is 4.54. The van der Waals surface area contributed by atoms with Crippen molar-refractivity contribution in [3.05, 3.63) is 34.9 Å². The largest absolute Gasteiger partial charge is 0.280 e. The van der Waals surface area contributed by atoms with Crippen molar-refractivity contribution in [1.29, 1.82) is 0 Å². The Kier molecular flexibility index (Phi) is 4.79. The van der Waals surface area contributed by atoms with Crippen LogP contribution >= 0.6 is 0 Å². The molecule has 0 amide bonds. The molecule has 0 atom stereocenters. The standard InChI is InChI=1S/C17H20F4N4/c1-10-7-11(2)25(24-10)16-22-13(9-14(23-16)15(18)19)8-12-3-5-17(20,21)6-4-12/h7,9,12,15H,3-6,8H2,1-2H3. The van der Waals surface area contributed by atoms with E-state index in [9.17, 15) is 17.6 Å². The van der Waals surface area contributed by atoms with Gasteiger partial charge in [-0.3, -0.25) is 0 Å². The van der Waals surface area contributed by atoms with Crippen LogP contribution in [0.2, 0.25) is 0 Å². The Hall–Kier alpha value is -1.99. The first kappa shape index (κ1) is 17.8. The zero-order chi connectivity index (χ0) is 18.2. The second kappa shape index (κ2) is 6.72. The molecule has 0 aromatic carbocycles. The van der Waals surface area contributed by atoms with Gasteiger partial charge in [0.1, 0.15) is 5.69 Å². The Morgan fingerprint density at radius 2 is 1.84 bits per heavy atom. The van der Waals surface area contributed by atoms with Crippen LogP contribution in [0.1, 0.15) is 54.9 Å². The van der Waals surface area contributed by atoms with Gasteiger partial charge < -0.3 is 0 Å². The zero-order valence-corrected chi connectivity index (χ0v) is 14.1. The molecule has 8 heteroatoms. The smallest absolute Gasteiger partial charge is 0.216 e. The molecule has 25 heavy (non-hydrogen) atoms. The van der Waals surface area contributed by atoms with Crippen LogP contribution in [0.25, 0.3) is 5.95 Å². The van der Waals surface area contributed by atoms with Crippen LogP contribution < -0.4 is 0 Å². The lowest BCUT2D eigenvalue weighted by atomic mass is 9.84. The number of hydrogen-bond donors (Lipinski definition) is 0. The van der Waals surface area contributed by atoms with Crippen LogP contribution in [0.3, 0.4) is 0 Å². The van der Waals surface area contributed by atoms with E-state index in [-0.39, 0.29) is 30.4 Å². The van der Waals surface area contributed by atoms with Gasteiger partial charge in [0, 0.05) is 24.2 Å². The average molecular weight is 356 g/mol. The van der Waals surface area contributed by atoms with E-state index in [2.05, 4.69) is 15.1 Å². The van der Waals surface area contributed by atoms with Crippen molar-refractivity contribution in [2.45, 2.75) is 58.3 Å². The van der Waals surface area contributed by atoms with Gasteiger partial charge in [-0.25, -0.2) is 32.2 Å². The van der Waals surface area contributed by atoms with Gasteiger partial charge in [0.2, 0.25) is 5.92 Å². The fourth-order valence-corrected chi connectivity index (χ4v) is 3.25. The molecule has 2 heterocycles. The summed E-state index contributed by atoms with van der Waals surface area (Å²) < 4.78 is 54.4. The molecule has 4 nitrogen and oxygen atoms in total. The minimum atomic E-state index is -2.73. The lowest BCUT2D eigenvalue weighted by Crippen LogP contribution is -2.25. The minimum Gasteiger partial charge on any atom is -0.216 e. The SMILES string of the molecule is Cc1cc(C)n(-c2nc(CC3CCC(F)(F)CC3)cc(C(F)F)n2)n1. The van der Waals surface area contributed by atoms with Crippen molar-refractivity contribution in [1.82, 2.24) is 19.7 Å². The molecule has 0 saturated heterocycles. The second-order valence-corrected chi connectivity index (χ2v) is 6.73. The summed E-state index contributed by atoms with van der Waals surface area (Å²) >= 11 is 0. The van der Waals surface area contributed by atoms with E-state index in [1.807, 2.05) is 0 Å². The Morgan fingerprint density at radius 3 is 2.40 bits per heavy atom. The molecular weight excluding hydrogens is 336 g/mol. The molecule has 0 unspecified atom stereocenters. The van der Waals surface area contributed by atoms with Crippen molar-refractivity contribution in [3.8, 4) is 5.95 Å². The van der Waals surface area contributed by atoms with Crippen LogP contribution in [0.5, 0.6) is 0 Å². The van der Waals surface area contributed by atoms with Crippen molar-refractivity contribution >= 4 is 0 Å². The van der Waals surface area contributed by atoms with Gasteiger partial charge in [-0.05, 0) is 51.2 Å². The Morgan fingerprint density at radius 1 is 1.16 bits per heavy atom. The molecule has 2 aromatic rings. The van der Waals surface area contributed by atoms with Gasteiger partial charge in [0.25, 0.3) is 12.4 Å². The Balaban J connectivity index is 1.87. The van der Waals surface area contributed by atoms with Crippen LogP contribution in [0.4, 0.5) is 17.6 Å². The maximum atomic E-state index is 13.3. The van der Waals surface area contributed by atoms with Crippen LogP contribution in [-0.4, -0.2) is 25.7 Å². The number of aromatic nitrogens is 4. The summed E-state index contributed by atoms with van der Waals surface area (Å²) in [7, 11) is 0. The number of hydrogen-bond acceptors (Lipinski definition) is 3. The van der Waals surface area contributed by atoms with Gasteiger partial charge in [0.05, 0.1) is 5.69 Å². The zero-order valence-electron chi connectivity index (χ0n) is 14.1. The number of alkyl halides is 4. The van der Waals surface area contributed by atoms with Crippen LogP contribution in [0, 0.1) is 19.8 Å². The van der Waals surface area contributed by atoms with Gasteiger partial charge in [-0.15, -0.1) is 0 Å². The second-order valence-electron chi connectivity index (χ2n) is 6.73. The van der Waals surface area contributed by atoms with Gasteiger partial charge in [-0.2, -0.15) is 5.10 Å². The summed E-state index contributed by atoms with van der Waals surface area (Å²) in [5, 5.41) is 4.24. The van der Waals surface area contributed by atoms with Gasteiger partial charge >= 0.3 is 0 Å².